The number of carbonyl (C=O) groups excluding carboxylic acids is 1. The van der Waals surface area contributed by atoms with Crippen LogP contribution >= 0.6 is 34.4 Å². The predicted molar refractivity (Wildman–Crippen MR) is 98.8 cm³/mol. The molecule has 0 radical (unpaired) electrons. The van der Waals surface area contributed by atoms with E-state index in [1.54, 1.807) is 11.3 Å². The van der Waals surface area contributed by atoms with Gasteiger partial charge in [0.2, 0.25) is 5.91 Å². The van der Waals surface area contributed by atoms with Crippen molar-refractivity contribution in [1.29, 1.82) is 5.26 Å². The monoisotopic (exact) mass is 378 g/mol. The van der Waals surface area contributed by atoms with E-state index in [9.17, 15) is 10.1 Å². The molecule has 0 spiro atoms. The van der Waals surface area contributed by atoms with Gasteiger partial charge in [-0.25, -0.2) is 0 Å². The molecule has 0 saturated carbocycles. The molecule has 0 fully saturated rings. The van der Waals surface area contributed by atoms with E-state index in [1.807, 2.05) is 6.92 Å². The number of carbonyl (C=O) groups is 1. The molecule has 0 aromatic carbocycles. The van der Waals surface area contributed by atoms with Crippen molar-refractivity contribution < 1.29 is 4.79 Å². The fourth-order valence-electron chi connectivity index (χ4n) is 2.84. The van der Waals surface area contributed by atoms with Crippen molar-refractivity contribution >= 4 is 45.3 Å². The Morgan fingerprint density at radius 3 is 2.96 bits per heavy atom. The molecule has 24 heavy (non-hydrogen) atoms. The average Bonchev–Trinajstić information content (AvgIpc) is 3.14. The minimum Gasteiger partial charge on any atom is -0.316 e. The number of anilines is 1. The lowest BCUT2D eigenvalue weighted by Crippen LogP contribution is -2.14. The molecule has 2 aromatic heterocycles. The summed E-state index contributed by atoms with van der Waals surface area (Å²) in [5.74, 6) is 0.872. The van der Waals surface area contributed by atoms with Gasteiger partial charge in [-0.3, -0.25) is 4.79 Å². The highest BCUT2D eigenvalue weighted by Crippen LogP contribution is 2.40. The summed E-state index contributed by atoms with van der Waals surface area (Å²) in [6, 6.07) is 2.29. The van der Waals surface area contributed by atoms with Gasteiger partial charge in [0.25, 0.3) is 0 Å². The minimum absolute atomic E-state index is 0.102. The standard InChI is InChI=1S/C16H18N4OS3/c1-3-10-4-5-11-12(7-17)15(24-13(11)6-10)18-14(21)8-22-16-20-19-9(2)23-16/h10H,3-6,8H2,1-2H3,(H,18,21). The third kappa shape index (κ3) is 3.79. The number of thiophene rings is 1. The Bertz CT molecular complexity index is 790. The molecule has 0 bridgehead atoms. The quantitative estimate of drug-likeness (QED) is 0.795. The second kappa shape index (κ2) is 7.64. The van der Waals surface area contributed by atoms with Crippen molar-refractivity contribution in [2.45, 2.75) is 43.9 Å². The summed E-state index contributed by atoms with van der Waals surface area (Å²) >= 11 is 4.43. The summed E-state index contributed by atoms with van der Waals surface area (Å²) in [7, 11) is 0. The number of aryl methyl sites for hydroxylation is 1. The molecule has 1 aliphatic carbocycles. The number of rotatable bonds is 5. The lowest BCUT2D eigenvalue weighted by molar-refractivity contribution is -0.113. The normalized spacial score (nSPS) is 16.5. The number of nitrogens with one attached hydrogen (secondary N) is 1. The maximum atomic E-state index is 12.2. The van der Waals surface area contributed by atoms with Gasteiger partial charge in [0, 0.05) is 4.88 Å². The maximum Gasteiger partial charge on any atom is 0.235 e. The van der Waals surface area contributed by atoms with E-state index in [1.165, 1.54) is 34.4 Å². The van der Waals surface area contributed by atoms with Gasteiger partial charge < -0.3 is 5.32 Å². The highest BCUT2D eigenvalue weighted by molar-refractivity contribution is 8.01. The van der Waals surface area contributed by atoms with Crippen LogP contribution in [-0.4, -0.2) is 21.9 Å². The Hall–Kier alpha value is -1.43. The van der Waals surface area contributed by atoms with E-state index in [4.69, 9.17) is 0 Å². The number of fused-ring (bicyclic) bond motifs is 1. The number of hydrogen-bond donors (Lipinski definition) is 1. The van der Waals surface area contributed by atoms with Crippen molar-refractivity contribution in [2.24, 2.45) is 5.92 Å². The van der Waals surface area contributed by atoms with Crippen LogP contribution in [0.2, 0.25) is 0 Å². The van der Waals surface area contributed by atoms with Crippen LogP contribution in [0.15, 0.2) is 4.34 Å². The highest BCUT2D eigenvalue weighted by atomic mass is 32.2. The van der Waals surface area contributed by atoms with Crippen molar-refractivity contribution in [3.63, 3.8) is 0 Å². The highest BCUT2D eigenvalue weighted by Gasteiger charge is 2.25. The van der Waals surface area contributed by atoms with Crippen molar-refractivity contribution in [3.8, 4) is 6.07 Å². The molecule has 0 aliphatic heterocycles. The minimum atomic E-state index is -0.102. The van der Waals surface area contributed by atoms with E-state index in [-0.39, 0.29) is 11.7 Å². The van der Waals surface area contributed by atoms with Crippen LogP contribution in [0.4, 0.5) is 5.00 Å². The summed E-state index contributed by atoms with van der Waals surface area (Å²) in [6.45, 7) is 4.10. The van der Waals surface area contributed by atoms with Crippen LogP contribution in [0.25, 0.3) is 0 Å². The number of nitriles is 1. The molecule has 0 saturated heterocycles. The maximum absolute atomic E-state index is 12.2. The van der Waals surface area contributed by atoms with Crippen LogP contribution in [0.5, 0.6) is 0 Å². The van der Waals surface area contributed by atoms with Crippen LogP contribution in [0.1, 0.15) is 40.8 Å². The number of amides is 1. The Morgan fingerprint density at radius 2 is 2.29 bits per heavy atom. The van der Waals surface area contributed by atoms with E-state index in [0.29, 0.717) is 16.5 Å². The number of aromatic nitrogens is 2. The first-order valence-corrected chi connectivity index (χ1v) is 10.5. The predicted octanol–water partition coefficient (Wildman–Crippen LogP) is 4.03. The van der Waals surface area contributed by atoms with Gasteiger partial charge in [-0.15, -0.1) is 21.5 Å². The molecule has 1 unspecified atom stereocenters. The summed E-state index contributed by atoms with van der Waals surface area (Å²) in [5.41, 5.74) is 1.81. The van der Waals surface area contributed by atoms with Crippen LogP contribution < -0.4 is 5.32 Å². The lowest BCUT2D eigenvalue weighted by atomic mass is 9.86. The molecule has 2 aromatic rings. The van der Waals surface area contributed by atoms with Gasteiger partial charge in [-0.2, -0.15) is 5.26 Å². The first-order valence-electron chi connectivity index (χ1n) is 7.88. The number of hydrogen-bond acceptors (Lipinski definition) is 7. The zero-order valence-corrected chi connectivity index (χ0v) is 16.0. The molecule has 1 aliphatic rings. The molecule has 2 heterocycles. The molecular weight excluding hydrogens is 360 g/mol. The van der Waals surface area contributed by atoms with Gasteiger partial charge >= 0.3 is 0 Å². The van der Waals surface area contributed by atoms with Gasteiger partial charge in [-0.1, -0.05) is 36.4 Å². The van der Waals surface area contributed by atoms with Crippen LogP contribution in [0.3, 0.4) is 0 Å². The zero-order chi connectivity index (χ0) is 17.1. The molecule has 3 rings (SSSR count). The van der Waals surface area contributed by atoms with E-state index in [2.05, 4.69) is 28.5 Å². The first kappa shape index (κ1) is 17.4. The van der Waals surface area contributed by atoms with Gasteiger partial charge in [0.05, 0.1) is 11.3 Å². The van der Waals surface area contributed by atoms with Gasteiger partial charge in [0.1, 0.15) is 16.1 Å². The fourth-order valence-corrected chi connectivity index (χ4v) is 5.78. The number of nitrogens with zero attached hydrogens (tertiary/aromatic N) is 3. The fraction of sp³-hybridized carbons (Fsp3) is 0.500. The molecule has 1 atom stereocenters. The van der Waals surface area contributed by atoms with Gasteiger partial charge in [0.15, 0.2) is 4.34 Å². The van der Waals surface area contributed by atoms with Gasteiger partial charge in [-0.05, 0) is 37.7 Å². The molecule has 1 N–H and O–H groups in total. The summed E-state index contributed by atoms with van der Waals surface area (Å²) < 4.78 is 0.791. The van der Waals surface area contributed by atoms with Crippen LogP contribution in [-0.2, 0) is 17.6 Å². The lowest BCUT2D eigenvalue weighted by Gasteiger charge is -2.20. The Balaban J connectivity index is 1.67. The molecule has 126 valence electrons. The topological polar surface area (TPSA) is 78.7 Å². The second-order valence-electron chi connectivity index (χ2n) is 5.76. The SMILES string of the molecule is CCC1CCc2c(sc(NC(=O)CSc3nnc(C)s3)c2C#N)C1. The third-order valence-corrected chi connectivity index (χ3v) is 7.29. The molecule has 8 heteroatoms. The van der Waals surface area contributed by atoms with E-state index < -0.39 is 0 Å². The van der Waals surface area contributed by atoms with Crippen molar-refractivity contribution in [1.82, 2.24) is 10.2 Å². The second-order valence-corrected chi connectivity index (χ2v) is 9.27. The molecular formula is C16H18N4OS3. The van der Waals surface area contributed by atoms with Crippen LogP contribution in [0, 0.1) is 24.2 Å². The summed E-state index contributed by atoms with van der Waals surface area (Å²) in [5, 5.41) is 22.0. The average molecular weight is 379 g/mol. The van der Waals surface area contributed by atoms with Crippen molar-refractivity contribution in [2.75, 3.05) is 11.1 Å². The number of thioether (sulfide) groups is 1. The third-order valence-electron chi connectivity index (χ3n) is 4.14. The smallest absolute Gasteiger partial charge is 0.235 e. The zero-order valence-electron chi connectivity index (χ0n) is 13.6. The van der Waals surface area contributed by atoms with E-state index in [0.717, 1.165) is 34.2 Å². The Morgan fingerprint density at radius 1 is 1.46 bits per heavy atom. The Kier molecular flexibility index (Phi) is 5.54. The Labute approximate surface area is 153 Å². The van der Waals surface area contributed by atoms with E-state index >= 15 is 0 Å². The summed E-state index contributed by atoms with van der Waals surface area (Å²) in [6.07, 6.45) is 4.27. The first-order chi connectivity index (χ1) is 11.6. The summed E-state index contributed by atoms with van der Waals surface area (Å²) in [4.78, 5) is 13.5. The van der Waals surface area contributed by atoms with Crippen molar-refractivity contribution in [3.05, 3.63) is 21.0 Å². The largest absolute Gasteiger partial charge is 0.316 e. The molecule has 5 nitrogen and oxygen atoms in total. The molecule has 1 amide bonds.